The Bertz CT molecular complexity index is 518. The monoisotopic (exact) mass is 270 g/mol. The minimum atomic E-state index is -0.305. The minimum absolute atomic E-state index is 0.258. The Hall–Kier alpha value is -1.36. The highest BCUT2D eigenvalue weighted by atomic mass is 35.5. The number of rotatable bonds is 2. The summed E-state index contributed by atoms with van der Waals surface area (Å²) >= 11 is 11.7. The second-order valence-corrected chi connectivity index (χ2v) is 4.28. The lowest BCUT2D eigenvalue weighted by Gasteiger charge is -2.02. The summed E-state index contributed by atoms with van der Waals surface area (Å²) in [5.74, 6) is 0.0109. The van der Waals surface area contributed by atoms with E-state index in [-0.39, 0.29) is 12.5 Å². The highest BCUT2D eigenvalue weighted by Crippen LogP contribution is 2.25. The van der Waals surface area contributed by atoms with Crippen LogP contribution < -0.4 is 5.32 Å². The number of halogens is 2. The van der Waals surface area contributed by atoms with Gasteiger partial charge in [0.15, 0.2) is 0 Å². The van der Waals surface area contributed by atoms with Gasteiger partial charge in [0.1, 0.15) is 5.84 Å². The number of nitrogens with one attached hydrogen (secondary N) is 1. The molecule has 0 bridgehead atoms. The normalized spacial score (nSPS) is 17.2. The van der Waals surface area contributed by atoms with Crippen molar-refractivity contribution < 1.29 is 9.90 Å². The zero-order valence-electron chi connectivity index (χ0n) is 8.58. The van der Waals surface area contributed by atoms with Crippen LogP contribution >= 0.6 is 23.2 Å². The van der Waals surface area contributed by atoms with Gasteiger partial charge in [0.05, 0.1) is 12.3 Å². The van der Waals surface area contributed by atoms with Crippen LogP contribution in [0.25, 0.3) is 0 Å². The molecule has 1 aromatic carbocycles. The van der Waals surface area contributed by atoms with Gasteiger partial charge in [-0.3, -0.25) is 4.79 Å². The van der Waals surface area contributed by atoms with E-state index in [1.54, 1.807) is 18.2 Å². The number of aliphatic hydroxyl groups excluding tert-OH is 1. The predicted octanol–water partition coefficient (Wildman–Crippen LogP) is 2.07. The lowest BCUT2D eigenvalue weighted by molar-refractivity contribution is -0.114. The first-order valence-electron chi connectivity index (χ1n) is 4.76. The van der Waals surface area contributed by atoms with E-state index in [0.717, 1.165) is 0 Å². The summed E-state index contributed by atoms with van der Waals surface area (Å²) in [6, 6.07) is 4.81. The molecular weight excluding hydrogens is 263 g/mol. The van der Waals surface area contributed by atoms with Crippen molar-refractivity contribution in [1.29, 1.82) is 0 Å². The Labute approximate surface area is 108 Å². The van der Waals surface area contributed by atoms with Gasteiger partial charge in [0, 0.05) is 21.7 Å². The molecule has 0 fully saturated rings. The Balaban J connectivity index is 2.36. The molecule has 6 heteroatoms. The third kappa shape index (κ3) is 2.85. The first-order chi connectivity index (χ1) is 8.08. The van der Waals surface area contributed by atoms with Crippen LogP contribution in [0.1, 0.15) is 0 Å². The molecule has 0 atom stereocenters. The quantitative estimate of drug-likeness (QED) is 0.865. The Morgan fingerprint density at radius 1 is 1.24 bits per heavy atom. The molecule has 0 saturated heterocycles. The zero-order valence-corrected chi connectivity index (χ0v) is 10.1. The van der Waals surface area contributed by atoms with Gasteiger partial charge in [-0.05, 0) is 18.2 Å². The number of carbonyl (C=O) groups is 1. The second kappa shape index (κ2) is 4.87. The summed E-state index contributed by atoms with van der Waals surface area (Å²) in [4.78, 5) is 15.3. The third-order valence-electron chi connectivity index (χ3n) is 2.11. The lowest BCUT2D eigenvalue weighted by Crippen LogP contribution is -2.23. The number of amides is 1. The number of hydrogen-bond donors (Lipinski definition) is 2. The number of amidine groups is 1. The van der Waals surface area contributed by atoms with Gasteiger partial charge in [-0.15, -0.1) is 0 Å². The van der Waals surface area contributed by atoms with Crippen LogP contribution in [0.2, 0.25) is 10.0 Å². The van der Waals surface area contributed by atoms with E-state index in [4.69, 9.17) is 28.3 Å². The van der Waals surface area contributed by atoms with Crippen LogP contribution in [-0.2, 0) is 4.79 Å². The molecule has 1 heterocycles. The highest BCUT2D eigenvalue weighted by molar-refractivity contribution is 6.35. The molecule has 0 radical (unpaired) electrons. The maximum atomic E-state index is 11.1. The molecule has 1 aliphatic heterocycles. The Kier molecular flexibility index (Phi) is 3.47. The number of carbonyl (C=O) groups excluding carboxylic acids is 1. The molecule has 0 saturated carbocycles. The minimum Gasteiger partial charge on any atom is -0.392 e. The zero-order chi connectivity index (χ0) is 12.4. The topological polar surface area (TPSA) is 61.7 Å². The summed E-state index contributed by atoms with van der Waals surface area (Å²) in [6.45, 7) is -0.258. The first kappa shape index (κ1) is 12.1. The van der Waals surface area contributed by atoms with Crippen molar-refractivity contribution in [2.45, 2.75) is 0 Å². The van der Waals surface area contributed by atoms with E-state index >= 15 is 0 Å². The molecule has 17 heavy (non-hydrogen) atoms. The van der Waals surface area contributed by atoms with E-state index in [1.807, 2.05) is 0 Å². The SMILES string of the molecule is O=C1C=C(CO)C(=Nc2cc(Cl)cc(Cl)c2)N1. The second-order valence-electron chi connectivity index (χ2n) is 3.40. The summed E-state index contributed by atoms with van der Waals surface area (Å²) in [5.41, 5.74) is 0.949. The maximum Gasteiger partial charge on any atom is 0.250 e. The number of aliphatic hydroxyl groups is 1. The standard InChI is InChI=1S/C11H8Cl2N2O2/c12-7-2-8(13)4-9(3-7)14-11-6(5-16)1-10(17)15-11/h1-4,16H,5H2,(H,14,15,17). The fourth-order valence-electron chi connectivity index (χ4n) is 1.41. The van der Waals surface area contributed by atoms with Gasteiger partial charge in [-0.25, -0.2) is 4.99 Å². The van der Waals surface area contributed by atoms with Gasteiger partial charge in [-0.1, -0.05) is 23.2 Å². The summed E-state index contributed by atoms with van der Waals surface area (Å²) < 4.78 is 0. The molecule has 0 aromatic heterocycles. The fourth-order valence-corrected chi connectivity index (χ4v) is 1.93. The number of benzene rings is 1. The number of aliphatic imine (C=N–C) groups is 1. The third-order valence-corrected chi connectivity index (χ3v) is 2.55. The molecule has 2 rings (SSSR count). The smallest absolute Gasteiger partial charge is 0.250 e. The number of hydrogen-bond acceptors (Lipinski definition) is 3. The van der Waals surface area contributed by atoms with Gasteiger partial charge in [0.25, 0.3) is 0 Å². The van der Waals surface area contributed by atoms with Crippen LogP contribution in [0, 0.1) is 0 Å². The Morgan fingerprint density at radius 3 is 2.47 bits per heavy atom. The van der Waals surface area contributed by atoms with Crippen molar-refractivity contribution in [3.8, 4) is 0 Å². The van der Waals surface area contributed by atoms with Crippen molar-refractivity contribution in [2.24, 2.45) is 4.99 Å². The van der Waals surface area contributed by atoms with Gasteiger partial charge in [-0.2, -0.15) is 0 Å². The van der Waals surface area contributed by atoms with Gasteiger partial charge < -0.3 is 10.4 Å². The average Bonchev–Trinajstić information content (AvgIpc) is 2.57. The van der Waals surface area contributed by atoms with Gasteiger partial charge >= 0.3 is 0 Å². The van der Waals surface area contributed by atoms with Gasteiger partial charge in [0.2, 0.25) is 5.91 Å². The summed E-state index contributed by atoms with van der Waals surface area (Å²) in [6.07, 6.45) is 1.30. The largest absolute Gasteiger partial charge is 0.392 e. The van der Waals surface area contributed by atoms with Crippen molar-refractivity contribution in [3.63, 3.8) is 0 Å². The van der Waals surface area contributed by atoms with Crippen molar-refractivity contribution >= 4 is 40.6 Å². The molecule has 2 N–H and O–H groups in total. The molecule has 1 aromatic rings. The van der Waals surface area contributed by atoms with E-state index in [1.165, 1.54) is 6.08 Å². The van der Waals surface area contributed by atoms with Crippen LogP contribution in [0.3, 0.4) is 0 Å². The van der Waals surface area contributed by atoms with E-state index in [2.05, 4.69) is 10.3 Å². The van der Waals surface area contributed by atoms with E-state index in [0.29, 0.717) is 27.1 Å². The van der Waals surface area contributed by atoms with Crippen LogP contribution in [0.5, 0.6) is 0 Å². The highest BCUT2D eigenvalue weighted by Gasteiger charge is 2.18. The molecule has 1 aliphatic rings. The van der Waals surface area contributed by atoms with Crippen LogP contribution in [0.4, 0.5) is 5.69 Å². The van der Waals surface area contributed by atoms with Crippen molar-refractivity contribution in [2.75, 3.05) is 6.61 Å². The molecule has 4 nitrogen and oxygen atoms in total. The predicted molar refractivity (Wildman–Crippen MR) is 66.9 cm³/mol. The molecule has 0 aliphatic carbocycles. The van der Waals surface area contributed by atoms with Crippen molar-refractivity contribution in [3.05, 3.63) is 39.9 Å². The summed E-state index contributed by atoms with van der Waals surface area (Å²) in [5, 5.41) is 12.5. The maximum absolute atomic E-state index is 11.1. The molecule has 0 unspecified atom stereocenters. The van der Waals surface area contributed by atoms with E-state index < -0.39 is 0 Å². The molecule has 1 amide bonds. The van der Waals surface area contributed by atoms with Crippen LogP contribution in [0.15, 0.2) is 34.8 Å². The number of nitrogens with zero attached hydrogens (tertiary/aromatic N) is 1. The van der Waals surface area contributed by atoms with Crippen molar-refractivity contribution in [1.82, 2.24) is 5.32 Å². The molecular formula is C11H8Cl2N2O2. The first-order valence-corrected chi connectivity index (χ1v) is 5.51. The Morgan fingerprint density at radius 2 is 1.88 bits per heavy atom. The van der Waals surface area contributed by atoms with Crippen LogP contribution in [-0.4, -0.2) is 23.5 Å². The molecule has 88 valence electrons. The average molecular weight is 271 g/mol. The fraction of sp³-hybridized carbons (Fsp3) is 0.0909. The summed E-state index contributed by atoms with van der Waals surface area (Å²) in [7, 11) is 0. The van der Waals surface area contributed by atoms with E-state index in [9.17, 15) is 4.79 Å². The lowest BCUT2D eigenvalue weighted by atomic mass is 10.2. The molecule has 0 spiro atoms.